The molecule has 2 aromatic carbocycles. The number of ether oxygens (including phenoxy) is 1. The van der Waals surface area contributed by atoms with Crippen molar-refractivity contribution in [3.63, 3.8) is 0 Å². The van der Waals surface area contributed by atoms with Crippen LogP contribution in [-0.2, 0) is 27.4 Å². The van der Waals surface area contributed by atoms with Gasteiger partial charge in [0, 0.05) is 6.42 Å². The highest BCUT2D eigenvalue weighted by Crippen LogP contribution is 2.29. The molecule has 6 atom stereocenters. The first-order chi connectivity index (χ1) is 18.5. The maximum atomic E-state index is 13.3. The third-order valence-corrected chi connectivity index (χ3v) is 6.47. The highest BCUT2D eigenvalue weighted by molar-refractivity contribution is 5.90. The van der Waals surface area contributed by atoms with E-state index in [9.17, 15) is 50.2 Å². The van der Waals surface area contributed by atoms with Crippen LogP contribution in [0.1, 0.15) is 11.1 Å². The molecule has 1 heterocycles. The van der Waals surface area contributed by atoms with Crippen molar-refractivity contribution in [2.45, 2.75) is 49.0 Å². The minimum atomic E-state index is -2.59. The molecule has 0 spiro atoms. The number of carboxylic acid groups (broad SMARTS) is 1. The Labute approximate surface area is 222 Å². The highest BCUT2D eigenvalue weighted by Gasteiger charge is 2.56. The second-order valence-electron chi connectivity index (χ2n) is 9.18. The highest BCUT2D eigenvalue weighted by atomic mass is 16.5. The zero-order valence-corrected chi connectivity index (χ0v) is 20.6. The average molecular weight is 550 g/mol. The van der Waals surface area contributed by atoms with Gasteiger partial charge in [-0.25, -0.2) is 9.59 Å². The van der Waals surface area contributed by atoms with Crippen LogP contribution >= 0.6 is 0 Å². The summed E-state index contributed by atoms with van der Waals surface area (Å²) in [6.07, 6.45) is -5.22. The average Bonchev–Trinajstić information content (AvgIpc) is 2.91. The fourth-order valence-corrected chi connectivity index (χ4v) is 4.20. The molecule has 3 rings (SSSR count). The summed E-state index contributed by atoms with van der Waals surface area (Å²) >= 11 is 0. The Bertz CT molecular complexity index is 1130. The van der Waals surface area contributed by atoms with Gasteiger partial charge in [-0.15, -0.1) is 0 Å². The number of aromatic hydroxyl groups is 1. The Morgan fingerprint density at radius 3 is 2.26 bits per heavy atom. The van der Waals surface area contributed by atoms with Gasteiger partial charge in [-0.1, -0.05) is 42.5 Å². The Hall–Kier alpha value is -3.79. The first-order valence-electron chi connectivity index (χ1n) is 11.9. The molecule has 0 saturated carbocycles. The minimum Gasteiger partial charge on any atom is -0.508 e. The van der Waals surface area contributed by atoms with Gasteiger partial charge >= 0.3 is 12.1 Å². The van der Waals surface area contributed by atoms with Crippen molar-refractivity contribution in [2.24, 2.45) is 0 Å². The first kappa shape index (κ1) is 29.8. The number of aliphatic hydroxyl groups is 4. The van der Waals surface area contributed by atoms with Crippen molar-refractivity contribution >= 4 is 18.0 Å². The summed E-state index contributed by atoms with van der Waals surface area (Å²) in [7, 11) is 0. The van der Waals surface area contributed by atoms with E-state index < -0.39 is 67.1 Å². The van der Waals surface area contributed by atoms with Crippen LogP contribution in [0.15, 0.2) is 54.6 Å². The van der Waals surface area contributed by atoms with Crippen LogP contribution in [0, 0.1) is 0 Å². The maximum absolute atomic E-state index is 13.3. The summed E-state index contributed by atoms with van der Waals surface area (Å²) in [5, 5.41) is 75.0. The number of nitrogens with zero attached hydrogens (tertiary/aromatic N) is 1. The monoisotopic (exact) mass is 549 g/mol. The van der Waals surface area contributed by atoms with Crippen molar-refractivity contribution < 1.29 is 55.0 Å². The van der Waals surface area contributed by atoms with Crippen LogP contribution in [0.5, 0.6) is 5.75 Å². The first-order valence-corrected chi connectivity index (χ1v) is 11.9. The van der Waals surface area contributed by atoms with Crippen molar-refractivity contribution in [1.82, 2.24) is 15.7 Å². The molecule has 9 N–H and O–H groups in total. The number of hydroxylamine groups is 2. The molecule has 2 amide bonds. The number of hydrogen-bond donors (Lipinski definition) is 9. The maximum Gasteiger partial charge on any atom is 0.408 e. The number of β-amino-alcohol motifs (C(OH)–C–C–N with tert-alkyl or cyclic N) is 1. The Morgan fingerprint density at radius 1 is 1.03 bits per heavy atom. The van der Waals surface area contributed by atoms with Crippen molar-refractivity contribution in [3.05, 3.63) is 65.7 Å². The van der Waals surface area contributed by atoms with Crippen LogP contribution in [-0.4, -0.2) is 108 Å². The molecule has 0 aliphatic carbocycles. The van der Waals surface area contributed by atoms with Gasteiger partial charge in [0.05, 0.1) is 19.2 Å². The van der Waals surface area contributed by atoms with Gasteiger partial charge in [0.2, 0.25) is 5.91 Å². The van der Waals surface area contributed by atoms with Crippen LogP contribution in [0.4, 0.5) is 4.79 Å². The summed E-state index contributed by atoms with van der Waals surface area (Å²) in [5.74, 6) is -2.82. The molecule has 0 radical (unpaired) electrons. The van der Waals surface area contributed by atoms with E-state index >= 15 is 0 Å². The molecule has 0 aromatic heterocycles. The van der Waals surface area contributed by atoms with E-state index in [4.69, 9.17) is 4.74 Å². The third-order valence-electron chi connectivity index (χ3n) is 6.47. The van der Waals surface area contributed by atoms with Crippen molar-refractivity contribution in [1.29, 1.82) is 0 Å². The number of rotatable bonds is 10. The van der Waals surface area contributed by atoms with E-state index in [0.29, 0.717) is 11.1 Å². The summed E-state index contributed by atoms with van der Waals surface area (Å²) < 4.78 is 5.16. The fourth-order valence-electron chi connectivity index (χ4n) is 4.20. The number of carbonyl (C=O) groups excluding carboxylic acids is 2. The molecule has 1 saturated heterocycles. The topological polar surface area (TPSA) is 229 Å². The number of aliphatic hydroxyl groups excluding tert-OH is 3. The summed E-state index contributed by atoms with van der Waals surface area (Å²) in [4.78, 5) is 37.9. The quantitative estimate of drug-likeness (QED) is 0.162. The Kier molecular flexibility index (Phi) is 9.80. The van der Waals surface area contributed by atoms with Gasteiger partial charge in [0.1, 0.15) is 42.2 Å². The SMILES string of the molecule is O=C(N[C@@H](Cc1ccc(O)cc1)C(=O)NC(C(=O)O)[C@H]1[C@H](O)[C@](O)(CO)[C@@H](O)CN1O)OCc1ccccc1. The van der Waals surface area contributed by atoms with Crippen LogP contribution in [0.3, 0.4) is 0 Å². The second kappa shape index (κ2) is 12.8. The Balaban J connectivity index is 1.81. The number of nitrogens with one attached hydrogen (secondary N) is 2. The Morgan fingerprint density at radius 2 is 1.67 bits per heavy atom. The van der Waals surface area contributed by atoms with E-state index in [-0.39, 0.29) is 23.8 Å². The second-order valence-corrected chi connectivity index (χ2v) is 9.18. The lowest BCUT2D eigenvalue weighted by molar-refractivity contribution is -0.281. The lowest BCUT2D eigenvalue weighted by Crippen LogP contribution is -2.74. The van der Waals surface area contributed by atoms with Gasteiger partial charge < -0.3 is 51.2 Å². The van der Waals surface area contributed by atoms with E-state index in [2.05, 4.69) is 10.6 Å². The third kappa shape index (κ3) is 7.20. The van der Waals surface area contributed by atoms with E-state index in [1.165, 1.54) is 24.3 Å². The predicted octanol–water partition coefficient (Wildman–Crippen LogP) is -1.68. The largest absolute Gasteiger partial charge is 0.508 e. The minimum absolute atomic E-state index is 0.0474. The molecule has 2 aromatic rings. The number of carboxylic acids is 1. The smallest absolute Gasteiger partial charge is 0.408 e. The molecule has 1 aliphatic heterocycles. The zero-order valence-electron chi connectivity index (χ0n) is 20.6. The van der Waals surface area contributed by atoms with Gasteiger partial charge in [-0.2, -0.15) is 5.06 Å². The molecular formula is C25H31N3O11. The number of aliphatic carboxylic acids is 1. The van der Waals surface area contributed by atoms with Crippen LogP contribution in [0.2, 0.25) is 0 Å². The molecule has 39 heavy (non-hydrogen) atoms. The number of carbonyl (C=O) groups is 3. The number of phenols is 1. The molecule has 14 heteroatoms. The van der Waals surface area contributed by atoms with Gasteiger partial charge in [0.25, 0.3) is 0 Å². The normalized spacial score (nSPS) is 24.8. The van der Waals surface area contributed by atoms with Crippen LogP contribution < -0.4 is 10.6 Å². The van der Waals surface area contributed by atoms with Gasteiger partial charge in [0.15, 0.2) is 0 Å². The fraction of sp³-hybridized carbons (Fsp3) is 0.400. The van der Waals surface area contributed by atoms with Gasteiger partial charge in [-0.05, 0) is 23.3 Å². The predicted molar refractivity (Wildman–Crippen MR) is 131 cm³/mol. The number of piperidine rings is 1. The number of amides is 2. The molecular weight excluding hydrogens is 518 g/mol. The number of benzene rings is 2. The standard InChI is InChI=1S/C25H31N3O11/c29-13-25(37)18(31)11-28(38)20(21(25)32)19(23(34)35)27-22(33)17(10-14-6-8-16(30)9-7-14)26-24(36)39-12-15-4-2-1-3-5-15/h1-9,17-21,29-32,37-38H,10-13H2,(H,26,36)(H,27,33)(H,34,35)/t17-,18-,19?,20-,21-,25-/m0/s1. The zero-order chi connectivity index (χ0) is 28.7. The number of alkyl carbamates (subject to hydrolysis) is 1. The van der Waals surface area contributed by atoms with E-state index in [1.807, 2.05) is 0 Å². The lowest BCUT2D eigenvalue weighted by atomic mass is 9.80. The summed E-state index contributed by atoms with van der Waals surface area (Å²) in [6.45, 7) is -2.04. The number of hydrogen-bond acceptors (Lipinski definition) is 11. The number of phenolic OH excluding ortho intramolecular Hbond substituents is 1. The van der Waals surface area contributed by atoms with E-state index in [1.54, 1.807) is 30.3 Å². The van der Waals surface area contributed by atoms with Crippen molar-refractivity contribution in [2.75, 3.05) is 13.2 Å². The molecule has 0 bridgehead atoms. The summed E-state index contributed by atoms with van der Waals surface area (Å²) in [5.41, 5.74) is -1.44. The molecule has 1 fully saturated rings. The van der Waals surface area contributed by atoms with Crippen molar-refractivity contribution in [3.8, 4) is 5.75 Å². The molecule has 1 aliphatic rings. The lowest BCUT2D eigenvalue weighted by Gasteiger charge is -2.48. The van der Waals surface area contributed by atoms with Crippen LogP contribution in [0.25, 0.3) is 0 Å². The molecule has 1 unspecified atom stereocenters. The van der Waals surface area contributed by atoms with E-state index in [0.717, 1.165) is 0 Å². The molecule has 14 nitrogen and oxygen atoms in total. The summed E-state index contributed by atoms with van der Waals surface area (Å²) in [6, 6.07) is 8.96. The molecule has 212 valence electrons. The van der Waals surface area contributed by atoms with Gasteiger partial charge in [-0.3, -0.25) is 4.79 Å².